The number of H-pyrrole nitrogens is 2. The first-order chi connectivity index (χ1) is 7.72. The van der Waals surface area contributed by atoms with Crippen molar-refractivity contribution in [3.8, 4) is 0 Å². The third kappa shape index (κ3) is 2.10. The molecule has 0 atom stereocenters. The second-order valence-corrected chi connectivity index (χ2v) is 4.00. The monoisotopic (exact) mass is 219 g/mol. The van der Waals surface area contributed by atoms with Gasteiger partial charge in [-0.15, -0.1) is 0 Å². The fourth-order valence-electron chi connectivity index (χ4n) is 1.85. The van der Waals surface area contributed by atoms with Gasteiger partial charge in [0.25, 0.3) is 0 Å². The Labute approximate surface area is 94.1 Å². The molecule has 0 aliphatic carbocycles. The molecule has 0 aliphatic heterocycles. The molecule has 1 heterocycles. The van der Waals surface area contributed by atoms with Crippen molar-refractivity contribution in [2.45, 2.75) is 32.7 Å². The van der Waals surface area contributed by atoms with Gasteiger partial charge in [-0.3, -0.25) is 0 Å². The van der Waals surface area contributed by atoms with Crippen LogP contribution in [0.25, 0.3) is 11.0 Å². The fourth-order valence-corrected chi connectivity index (χ4v) is 1.85. The molecule has 3 N–H and O–H groups in total. The van der Waals surface area contributed by atoms with Crippen LogP contribution in [0.1, 0.15) is 26.7 Å². The number of hydrogen-bond donors (Lipinski definition) is 3. The van der Waals surface area contributed by atoms with Gasteiger partial charge in [-0.1, -0.05) is 13.8 Å². The van der Waals surface area contributed by atoms with Crippen LogP contribution in [0.2, 0.25) is 0 Å². The summed E-state index contributed by atoms with van der Waals surface area (Å²) < 4.78 is 0. The SMILES string of the molecule is CCC(CC)Nc1ccc2[nH]c(=O)[nH]c2c1. The molecule has 0 radical (unpaired) electrons. The van der Waals surface area contributed by atoms with E-state index in [1.54, 1.807) is 0 Å². The van der Waals surface area contributed by atoms with Crippen molar-refractivity contribution in [3.63, 3.8) is 0 Å². The molecule has 0 saturated carbocycles. The van der Waals surface area contributed by atoms with E-state index >= 15 is 0 Å². The molecule has 0 bridgehead atoms. The molecule has 0 amide bonds. The van der Waals surface area contributed by atoms with Gasteiger partial charge in [0.1, 0.15) is 0 Å². The quantitative estimate of drug-likeness (QED) is 0.739. The van der Waals surface area contributed by atoms with Crippen molar-refractivity contribution < 1.29 is 0 Å². The lowest BCUT2D eigenvalue weighted by Crippen LogP contribution is -2.16. The minimum Gasteiger partial charge on any atom is -0.382 e. The minimum atomic E-state index is -0.158. The molecule has 0 saturated heterocycles. The first-order valence-electron chi connectivity index (χ1n) is 5.71. The zero-order valence-corrected chi connectivity index (χ0v) is 9.63. The van der Waals surface area contributed by atoms with E-state index in [-0.39, 0.29) is 5.69 Å². The van der Waals surface area contributed by atoms with Crippen molar-refractivity contribution >= 4 is 16.7 Å². The number of fused-ring (bicyclic) bond motifs is 1. The van der Waals surface area contributed by atoms with Gasteiger partial charge in [0.15, 0.2) is 0 Å². The maximum atomic E-state index is 11.1. The number of aromatic amines is 2. The van der Waals surface area contributed by atoms with E-state index in [9.17, 15) is 4.79 Å². The smallest absolute Gasteiger partial charge is 0.323 e. The Balaban J connectivity index is 2.28. The molecule has 4 heteroatoms. The van der Waals surface area contributed by atoms with Crippen LogP contribution in [0, 0.1) is 0 Å². The van der Waals surface area contributed by atoms with Crippen molar-refractivity contribution in [2.24, 2.45) is 0 Å². The molecule has 2 aromatic rings. The summed E-state index contributed by atoms with van der Waals surface area (Å²) in [5.74, 6) is 0. The van der Waals surface area contributed by atoms with Crippen LogP contribution >= 0.6 is 0 Å². The van der Waals surface area contributed by atoms with Crippen LogP contribution in [0.5, 0.6) is 0 Å². The molecule has 4 nitrogen and oxygen atoms in total. The van der Waals surface area contributed by atoms with Gasteiger partial charge in [0.2, 0.25) is 0 Å². The molecule has 86 valence electrons. The first-order valence-corrected chi connectivity index (χ1v) is 5.71. The summed E-state index contributed by atoms with van der Waals surface area (Å²) in [5, 5.41) is 3.44. The van der Waals surface area contributed by atoms with Crippen molar-refractivity contribution in [3.05, 3.63) is 28.7 Å². The average Bonchev–Trinajstić information content (AvgIpc) is 2.65. The number of anilines is 1. The molecular weight excluding hydrogens is 202 g/mol. The Bertz CT molecular complexity index is 522. The number of imidazole rings is 1. The lowest BCUT2D eigenvalue weighted by Gasteiger charge is -2.15. The van der Waals surface area contributed by atoms with Gasteiger partial charge in [-0.2, -0.15) is 0 Å². The van der Waals surface area contributed by atoms with E-state index < -0.39 is 0 Å². The predicted molar refractivity (Wildman–Crippen MR) is 66.9 cm³/mol. The first kappa shape index (κ1) is 10.8. The number of benzene rings is 1. The van der Waals surface area contributed by atoms with E-state index in [1.807, 2.05) is 18.2 Å². The predicted octanol–water partition coefficient (Wildman–Crippen LogP) is 2.46. The van der Waals surface area contributed by atoms with E-state index in [2.05, 4.69) is 29.1 Å². The third-order valence-electron chi connectivity index (χ3n) is 2.87. The largest absolute Gasteiger partial charge is 0.382 e. The zero-order chi connectivity index (χ0) is 11.5. The van der Waals surface area contributed by atoms with Crippen LogP contribution in [-0.2, 0) is 0 Å². The van der Waals surface area contributed by atoms with E-state index in [0.717, 1.165) is 29.6 Å². The average molecular weight is 219 g/mol. The van der Waals surface area contributed by atoms with E-state index in [4.69, 9.17) is 0 Å². The highest BCUT2D eigenvalue weighted by atomic mass is 16.1. The molecule has 0 fully saturated rings. The Morgan fingerprint density at radius 1 is 1.19 bits per heavy atom. The molecule has 0 spiro atoms. The number of rotatable bonds is 4. The van der Waals surface area contributed by atoms with Gasteiger partial charge in [0, 0.05) is 11.7 Å². The van der Waals surface area contributed by atoms with Gasteiger partial charge in [-0.05, 0) is 31.0 Å². The number of hydrogen-bond acceptors (Lipinski definition) is 2. The second kappa shape index (κ2) is 4.43. The normalized spacial score (nSPS) is 11.2. The van der Waals surface area contributed by atoms with Crippen molar-refractivity contribution in [1.29, 1.82) is 0 Å². The van der Waals surface area contributed by atoms with Gasteiger partial charge >= 0.3 is 5.69 Å². The molecular formula is C12H17N3O. The van der Waals surface area contributed by atoms with Crippen LogP contribution in [-0.4, -0.2) is 16.0 Å². The maximum absolute atomic E-state index is 11.1. The molecule has 1 aromatic carbocycles. The summed E-state index contributed by atoms with van der Waals surface area (Å²) in [6.45, 7) is 4.33. The molecule has 0 unspecified atom stereocenters. The van der Waals surface area contributed by atoms with E-state index in [0.29, 0.717) is 6.04 Å². The highest BCUT2D eigenvalue weighted by molar-refractivity contribution is 5.78. The summed E-state index contributed by atoms with van der Waals surface area (Å²) in [6.07, 6.45) is 2.19. The molecule has 1 aromatic heterocycles. The van der Waals surface area contributed by atoms with Crippen LogP contribution in [0.15, 0.2) is 23.0 Å². The second-order valence-electron chi connectivity index (χ2n) is 4.00. The van der Waals surface area contributed by atoms with Gasteiger partial charge in [0.05, 0.1) is 11.0 Å². The number of nitrogens with one attached hydrogen (secondary N) is 3. The van der Waals surface area contributed by atoms with Crippen molar-refractivity contribution in [1.82, 2.24) is 9.97 Å². The fraction of sp³-hybridized carbons (Fsp3) is 0.417. The molecule has 2 rings (SSSR count). The van der Waals surface area contributed by atoms with Crippen LogP contribution in [0.3, 0.4) is 0 Å². The highest BCUT2D eigenvalue weighted by Gasteiger charge is 2.04. The third-order valence-corrected chi connectivity index (χ3v) is 2.87. The molecule has 16 heavy (non-hydrogen) atoms. The Morgan fingerprint density at radius 3 is 2.56 bits per heavy atom. The Hall–Kier alpha value is -1.71. The van der Waals surface area contributed by atoms with Crippen LogP contribution < -0.4 is 11.0 Å². The standard InChI is InChI=1S/C12H17N3O/c1-3-8(4-2)13-9-5-6-10-11(7-9)15-12(16)14-10/h5-8,13H,3-4H2,1-2H3,(H2,14,15,16). The Morgan fingerprint density at radius 2 is 1.88 bits per heavy atom. The maximum Gasteiger partial charge on any atom is 0.323 e. The Kier molecular flexibility index (Phi) is 2.99. The molecule has 0 aliphatic rings. The lowest BCUT2D eigenvalue weighted by atomic mass is 10.1. The summed E-state index contributed by atoms with van der Waals surface area (Å²) in [6, 6.07) is 6.36. The summed E-state index contributed by atoms with van der Waals surface area (Å²) in [7, 11) is 0. The summed E-state index contributed by atoms with van der Waals surface area (Å²) in [5.41, 5.74) is 2.59. The lowest BCUT2D eigenvalue weighted by molar-refractivity contribution is 0.672. The summed E-state index contributed by atoms with van der Waals surface area (Å²) >= 11 is 0. The highest BCUT2D eigenvalue weighted by Crippen LogP contribution is 2.16. The minimum absolute atomic E-state index is 0.158. The number of aromatic nitrogens is 2. The zero-order valence-electron chi connectivity index (χ0n) is 9.63. The summed E-state index contributed by atoms with van der Waals surface area (Å²) in [4.78, 5) is 16.6. The van der Waals surface area contributed by atoms with Crippen molar-refractivity contribution in [2.75, 3.05) is 5.32 Å². The van der Waals surface area contributed by atoms with Gasteiger partial charge < -0.3 is 15.3 Å². The van der Waals surface area contributed by atoms with Crippen LogP contribution in [0.4, 0.5) is 5.69 Å². The van der Waals surface area contributed by atoms with E-state index in [1.165, 1.54) is 0 Å². The van der Waals surface area contributed by atoms with Gasteiger partial charge in [-0.25, -0.2) is 4.79 Å². The topological polar surface area (TPSA) is 60.7 Å².